The molecule has 0 unspecified atom stereocenters. The molecule has 1 aromatic carbocycles. The van der Waals surface area contributed by atoms with Crippen molar-refractivity contribution < 1.29 is 14.3 Å². The summed E-state index contributed by atoms with van der Waals surface area (Å²) in [4.78, 5) is 23.9. The van der Waals surface area contributed by atoms with Gasteiger partial charge in [-0.2, -0.15) is 0 Å². The summed E-state index contributed by atoms with van der Waals surface area (Å²) < 4.78 is 11.0. The van der Waals surface area contributed by atoms with Crippen molar-refractivity contribution in [3.63, 3.8) is 0 Å². The zero-order valence-corrected chi connectivity index (χ0v) is 15.8. The van der Waals surface area contributed by atoms with Crippen LogP contribution in [0.25, 0.3) is 6.08 Å². The first kappa shape index (κ1) is 19.9. The van der Waals surface area contributed by atoms with E-state index in [1.54, 1.807) is 18.2 Å². The molecule has 5 nitrogen and oxygen atoms in total. The fourth-order valence-corrected chi connectivity index (χ4v) is 2.86. The van der Waals surface area contributed by atoms with E-state index in [0.29, 0.717) is 29.2 Å². The Morgan fingerprint density at radius 2 is 1.88 bits per heavy atom. The van der Waals surface area contributed by atoms with Gasteiger partial charge in [0.15, 0.2) is 0 Å². The van der Waals surface area contributed by atoms with Crippen molar-refractivity contribution in [2.75, 3.05) is 14.2 Å². The summed E-state index contributed by atoms with van der Waals surface area (Å²) in [6.07, 6.45) is 3.46. The van der Waals surface area contributed by atoms with E-state index >= 15 is 0 Å². The van der Waals surface area contributed by atoms with Crippen molar-refractivity contribution in [2.24, 2.45) is 0 Å². The molecule has 0 atom stereocenters. The van der Waals surface area contributed by atoms with E-state index < -0.39 is 5.97 Å². The van der Waals surface area contributed by atoms with Gasteiger partial charge in [-0.3, -0.25) is 4.79 Å². The van der Waals surface area contributed by atoms with Gasteiger partial charge in [-0.25, -0.2) is 4.79 Å². The fraction of sp³-hybridized carbons (Fsp3) is 0.211. The number of hydrogen-bond acceptors (Lipinski definition) is 4. The molecule has 0 aliphatic heterocycles. The highest BCUT2D eigenvalue weighted by Crippen LogP contribution is 2.20. The fourth-order valence-electron chi connectivity index (χ4n) is 2.33. The zero-order chi connectivity index (χ0) is 19.1. The Morgan fingerprint density at radius 1 is 1.19 bits per heavy atom. The van der Waals surface area contributed by atoms with E-state index in [1.165, 1.54) is 31.1 Å². The van der Waals surface area contributed by atoms with Gasteiger partial charge in [0.1, 0.15) is 11.3 Å². The van der Waals surface area contributed by atoms with Crippen LogP contribution in [0.5, 0.6) is 0 Å². The number of carbonyl (C=O) groups is 1. The van der Waals surface area contributed by atoms with Crippen LogP contribution in [0.1, 0.15) is 21.6 Å². The summed E-state index contributed by atoms with van der Waals surface area (Å²) in [5.74, 6) is -0.397. The molecule has 7 heteroatoms. The van der Waals surface area contributed by atoms with Crippen LogP contribution in [0, 0.1) is 0 Å². The molecule has 0 aliphatic rings. The first-order valence-corrected chi connectivity index (χ1v) is 8.43. The van der Waals surface area contributed by atoms with Gasteiger partial charge >= 0.3 is 5.97 Å². The maximum Gasteiger partial charge on any atom is 0.337 e. The molecule has 0 fully saturated rings. The van der Waals surface area contributed by atoms with Crippen LogP contribution in [0.3, 0.4) is 0 Å². The normalized spacial score (nSPS) is 10.0. The van der Waals surface area contributed by atoms with E-state index in [9.17, 15) is 9.59 Å². The Bertz CT molecular complexity index is 910. The zero-order valence-electron chi connectivity index (χ0n) is 14.3. The smallest absolute Gasteiger partial charge is 0.337 e. The molecular formula is C19H17Cl2NO4. The summed E-state index contributed by atoms with van der Waals surface area (Å²) in [5, 5.41) is 0.386. The molecule has 0 N–H and O–H groups in total. The molecule has 0 bridgehead atoms. The summed E-state index contributed by atoms with van der Waals surface area (Å²) >= 11 is 12.2. The summed E-state index contributed by atoms with van der Waals surface area (Å²) in [7, 11) is 2.83. The van der Waals surface area contributed by atoms with Crippen molar-refractivity contribution >= 4 is 35.2 Å². The molecular weight excluding hydrogens is 377 g/mol. The lowest BCUT2D eigenvalue weighted by molar-refractivity contribution is 0.0600. The maximum atomic E-state index is 12.4. The van der Waals surface area contributed by atoms with Crippen molar-refractivity contribution in [2.45, 2.75) is 13.0 Å². The van der Waals surface area contributed by atoms with Crippen molar-refractivity contribution in [1.29, 1.82) is 0 Å². The Morgan fingerprint density at radius 3 is 2.50 bits per heavy atom. The average molecular weight is 394 g/mol. The number of halogens is 2. The molecule has 0 saturated carbocycles. The van der Waals surface area contributed by atoms with Crippen molar-refractivity contribution in [3.8, 4) is 0 Å². The number of methoxy groups -OCH3 is 2. The monoisotopic (exact) mass is 393 g/mol. The number of nitrogens with zero attached hydrogens (tertiary/aromatic N) is 1. The van der Waals surface area contributed by atoms with E-state index in [-0.39, 0.29) is 10.6 Å². The SMILES string of the molecule is COC=C=Cc1c(Cl)cc(Cl)c(=O)n1CCc1ccc(C(=O)OC)cc1. The second kappa shape index (κ2) is 9.30. The molecule has 1 aromatic heterocycles. The van der Waals surface area contributed by atoms with Gasteiger partial charge in [0, 0.05) is 12.6 Å². The lowest BCUT2D eigenvalue weighted by Crippen LogP contribution is -2.24. The van der Waals surface area contributed by atoms with Crippen LogP contribution in [-0.2, 0) is 22.4 Å². The van der Waals surface area contributed by atoms with Crippen LogP contribution < -0.4 is 5.56 Å². The second-order valence-corrected chi connectivity index (χ2v) is 6.10. The lowest BCUT2D eigenvalue weighted by Gasteiger charge is -2.12. The van der Waals surface area contributed by atoms with Crippen molar-refractivity contribution in [1.82, 2.24) is 4.57 Å². The van der Waals surface area contributed by atoms with E-state index in [2.05, 4.69) is 10.5 Å². The standard InChI is InChI=1S/C19H17Cl2NO4/c1-25-11-3-4-17-15(20)12-16(21)18(23)22(17)10-9-13-5-7-14(8-6-13)19(24)26-2/h4-8,11-12H,9-10H2,1-2H3. The molecule has 0 aliphatic carbocycles. The van der Waals surface area contributed by atoms with Gasteiger partial charge in [0.05, 0.1) is 30.5 Å². The number of benzene rings is 1. The first-order chi connectivity index (χ1) is 12.5. The van der Waals surface area contributed by atoms with Gasteiger partial charge in [-0.15, -0.1) is 0 Å². The largest absolute Gasteiger partial charge is 0.496 e. The molecule has 2 rings (SSSR count). The highest BCUT2D eigenvalue weighted by Gasteiger charge is 2.11. The minimum absolute atomic E-state index is 0.0453. The van der Waals surface area contributed by atoms with E-state index in [0.717, 1.165) is 5.56 Å². The summed E-state index contributed by atoms with van der Waals surface area (Å²) in [6.45, 7) is 0.358. The molecule has 26 heavy (non-hydrogen) atoms. The second-order valence-electron chi connectivity index (χ2n) is 5.29. The average Bonchev–Trinajstić information content (AvgIpc) is 2.65. The molecule has 136 valence electrons. The Labute approximate surface area is 161 Å². The number of aryl methyl sites for hydroxylation is 1. The molecule has 0 amide bonds. The molecule has 0 saturated heterocycles. The highest BCUT2D eigenvalue weighted by atomic mass is 35.5. The number of aromatic nitrogens is 1. The molecule has 0 radical (unpaired) electrons. The number of ether oxygens (including phenoxy) is 2. The van der Waals surface area contributed by atoms with E-state index in [4.69, 9.17) is 27.9 Å². The maximum absolute atomic E-state index is 12.4. The highest BCUT2D eigenvalue weighted by molar-refractivity contribution is 6.35. The predicted octanol–water partition coefficient (Wildman–Crippen LogP) is 3.96. The molecule has 0 spiro atoms. The number of esters is 1. The molecule has 1 heterocycles. The Kier molecular flexibility index (Phi) is 7.10. The third-order valence-electron chi connectivity index (χ3n) is 3.64. The minimum Gasteiger partial charge on any atom is -0.496 e. The molecule has 2 aromatic rings. The third-order valence-corrected chi connectivity index (χ3v) is 4.22. The topological polar surface area (TPSA) is 57.5 Å². The summed E-state index contributed by atoms with van der Waals surface area (Å²) in [6, 6.07) is 8.38. The lowest BCUT2D eigenvalue weighted by atomic mass is 10.1. The number of hydrogen-bond donors (Lipinski definition) is 0. The van der Waals surface area contributed by atoms with Crippen LogP contribution in [-0.4, -0.2) is 24.8 Å². The number of rotatable bonds is 6. The van der Waals surface area contributed by atoms with Crippen molar-refractivity contribution in [3.05, 3.63) is 79.5 Å². The van der Waals surface area contributed by atoms with Gasteiger partial charge in [0.25, 0.3) is 5.56 Å². The Balaban J connectivity index is 2.29. The van der Waals surface area contributed by atoms with Gasteiger partial charge in [-0.05, 0) is 30.2 Å². The minimum atomic E-state index is -0.397. The number of carbonyl (C=O) groups excluding carboxylic acids is 1. The van der Waals surface area contributed by atoms with Gasteiger partial charge in [0.2, 0.25) is 0 Å². The van der Waals surface area contributed by atoms with E-state index in [1.807, 2.05) is 12.1 Å². The first-order valence-electron chi connectivity index (χ1n) is 7.67. The predicted molar refractivity (Wildman–Crippen MR) is 102 cm³/mol. The quantitative estimate of drug-likeness (QED) is 0.423. The third kappa shape index (κ3) is 4.79. The summed E-state index contributed by atoms with van der Waals surface area (Å²) in [5.41, 5.74) is 4.35. The van der Waals surface area contributed by atoms with Crippen LogP contribution >= 0.6 is 23.2 Å². The van der Waals surface area contributed by atoms with Crippen LogP contribution in [0.2, 0.25) is 10.0 Å². The van der Waals surface area contributed by atoms with Crippen LogP contribution in [0.4, 0.5) is 0 Å². The van der Waals surface area contributed by atoms with Gasteiger partial charge < -0.3 is 14.0 Å². The number of pyridine rings is 1. The van der Waals surface area contributed by atoms with Crippen LogP contribution in [0.15, 0.2) is 47.1 Å². The van der Waals surface area contributed by atoms with Gasteiger partial charge in [-0.1, -0.05) is 41.1 Å². The Hall–Kier alpha value is -2.46.